The first kappa shape index (κ1) is 10.4. The highest BCUT2D eigenvalue weighted by Gasteiger charge is 2.20. The molecule has 80 valence electrons. The second-order valence-electron chi connectivity index (χ2n) is 4.18. The van der Waals surface area contributed by atoms with E-state index >= 15 is 0 Å². The molecular weight excluding hydrogens is 186 g/mol. The Morgan fingerprint density at radius 2 is 2.13 bits per heavy atom. The minimum Gasteiger partial charge on any atom is -0.302 e. The minimum atomic E-state index is 0.587. The van der Waals surface area contributed by atoms with Gasteiger partial charge in [-0.25, -0.2) is 0 Å². The largest absolute Gasteiger partial charge is 0.302 e. The van der Waals surface area contributed by atoms with E-state index in [9.17, 15) is 4.79 Å². The Balaban J connectivity index is 2.01. The van der Waals surface area contributed by atoms with Crippen LogP contribution in [0.4, 0.5) is 0 Å². The van der Waals surface area contributed by atoms with Crippen LogP contribution in [0, 0.1) is 0 Å². The van der Waals surface area contributed by atoms with Gasteiger partial charge in [-0.1, -0.05) is 30.3 Å². The number of carbonyl (C=O) groups is 1. The van der Waals surface area contributed by atoms with Gasteiger partial charge in [0.25, 0.3) is 0 Å². The number of hydrogen-bond donors (Lipinski definition) is 0. The molecule has 1 saturated heterocycles. The second-order valence-corrected chi connectivity index (χ2v) is 4.18. The molecule has 0 saturated carbocycles. The summed E-state index contributed by atoms with van der Waals surface area (Å²) in [6, 6.07) is 10.6. The van der Waals surface area contributed by atoms with E-state index < -0.39 is 0 Å². The average molecular weight is 203 g/mol. The molecule has 0 amide bonds. The fraction of sp³-hybridized carbons (Fsp3) is 0.462. The molecule has 0 spiro atoms. The monoisotopic (exact) mass is 203 g/mol. The number of nitrogens with zero attached hydrogens (tertiary/aromatic N) is 1. The highest BCUT2D eigenvalue weighted by molar-refractivity contribution is 5.52. The van der Waals surface area contributed by atoms with Gasteiger partial charge in [-0.2, -0.15) is 0 Å². The molecule has 15 heavy (non-hydrogen) atoms. The molecule has 0 aliphatic carbocycles. The molecule has 0 bridgehead atoms. The third-order valence-electron chi connectivity index (χ3n) is 3.11. The van der Waals surface area contributed by atoms with E-state index in [1.165, 1.54) is 18.4 Å². The smallest absolute Gasteiger partial charge is 0.133 e. The third-order valence-corrected chi connectivity index (χ3v) is 3.11. The van der Waals surface area contributed by atoms with Crippen molar-refractivity contribution >= 4 is 6.29 Å². The minimum absolute atomic E-state index is 0.587. The summed E-state index contributed by atoms with van der Waals surface area (Å²) < 4.78 is 0. The van der Waals surface area contributed by atoms with Crippen molar-refractivity contribution in [1.82, 2.24) is 4.90 Å². The van der Waals surface area contributed by atoms with Gasteiger partial charge in [-0.15, -0.1) is 0 Å². The molecule has 1 fully saturated rings. The molecule has 1 aromatic rings. The lowest BCUT2D eigenvalue weighted by Crippen LogP contribution is -2.35. The van der Waals surface area contributed by atoms with Crippen molar-refractivity contribution in [2.45, 2.75) is 18.8 Å². The fourth-order valence-corrected chi connectivity index (χ4v) is 2.32. The van der Waals surface area contributed by atoms with Crippen LogP contribution in [-0.4, -0.2) is 30.8 Å². The van der Waals surface area contributed by atoms with Crippen LogP contribution < -0.4 is 0 Å². The summed E-state index contributed by atoms with van der Waals surface area (Å²) in [5, 5.41) is 0. The summed E-state index contributed by atoms with van der Waals surface area (Å²) in [6.45, 7) is 2.69. The number of hydrogen-bond acceptors (Lipinski definition) is 2. The molecule has 1 unspecified atom stereocenters. The van der Waals surface area contributed by atoms with Crippen molar-refractivity contribution in [3.63, 3.8) is 0 Å². The van der Waals surface area contributed by atoms with Crippen molar-refractivity contribution < 1.29 is 4.79 Å². The van der Waals surface area contributed by atoms with Crippen LogP contribution in [0.5, 0.6) is 0 Å². The Bertz CT molecular complexity index is 310. The van der Waals surface area contributed by atoms with Crippen molar-refractivity contribution in [2.24, 2.45) is 0 Å². The Hall–Kier alpha value is -1.15. The lowest BCUT2D eigenvalue weighted by atomic mass is 9.91. The second kappa shape index (κ2) is 5.08. The van der Waals surface area contributed by atoms with Gasteiger partial charge in [0.1, 0.15) is 6.29 Å². The zero-order valence-corrected chi connectivity index (χ0v) is 8.93. The van der Waals surface area contributed by atoms with Crippen molar-refractivity contribution in [2.75, 3.05) is 19.6 Å². The van der Waals surface area contributed by atoms with E-state index in [0.29, 0.717) is 12.5 Å². The number of piperidine rings is 1. The maximum absolute atomic E-state index is 10.5. The molecule has 1 aromatic carbocycles. The van der Waals surface area contributed by atoms with E-state index in [2.05, 4.69) is 35.2 Å². The molecule has 2 rings (SSSR count). The molecule has 1 atom stereocenters. The first-order valence-corrected chi connectivity index (χ1v) is 5.61. The summed E-state index contributed by atoms with van der Waals surface area (Å²) in [5.74, 6) is 0.611. The molecule has 1 aliphatic rings. The van der Waals surface area contributed by atoms with Crippen LogP contribution in [0.3, 0.4) is 0 Å². The molecular formula is C13H17NO. The summed E-state index contributed by atoms with van der Waals surface area (Å²) in [7, 11) is 0. The van der Waals surface area contributed by atoms with Crippen molar-refractivity contribution in [3.8, 4) is 0 Å². The predicted molar refractivity (Wildman–Crippen MR) is 60.9 cm³/mol. The Morgan fingerprint density at radius 1 is 1.33 bits per heavy atom. The van der Waals surface area contributed by atoms with Gasteiger partial charge in [-0.05, 0) is 30.9 Å². The molecule has 2 nitrogen and oxygen atoms in total. The topological polar surface area (TPSA) is 20.3 Å². The van der Waals surface area contributed by atoms with Crippen LogP contribution in [0.2, 0.25) is 0 Å². The van der Waals surface area contributed by atoms with E-state index in [-0.39, 0.29) is 0 Å². The highest BCUT2D eigenvalue weighted by Crippen LogP contribution is 2.26. The lowest BCUT2D eigenvalue weighted by molar-refractivity contribution is -0.109. The predicted octanol–water partition coefficient (Wildman–Crippen LogP) is 2.06. The Labute approximate surface area is 90.9 Å². The maximum Gasteiger partial charge on any atom is 0.133 e. The zero-order valence-electron chi connectivity index (χ0n) is 8.93. The lowest BCUT2D eigenvalue weighted by Gasteiger charge is -2.31. The maximum atomic E-state index is 10.5. The van der Waals surface area contributed by atoms with E-state index in [1.807, 2.05) is 0 Å². The van der Waals surface area contributed by atoms with E-state index in [0.717, 1.165) is 19.4 Å². The first-order valence-electron chi connectivity index (χ1n) is 5.61. The first-order chi connectivity index (χ1) is 7.40. The molecule has 0 N–H and O–H groups in total. The third kappa shape index (κ3) is 2.66. The molecule has 0 aromatic heterocycles. The quantitative estimate of drug-likeness (QED) is 0.701. The molecule has 1 aliphatic heterocycles. The zero-order chi connectivity index (χ0) is 10.5. The average Bonchev–Trinajstić information content (AvgIpc) is 2.31. The summed E-state index contributed by atoms with van der Waals surface area (Å²) in [5.41, 5.74) is 1.41. The number of aldehydes is 1. The van der Waals surface area contributed by atoms with Gasteiger partial charge < -0.3 is 4.79 Å². The van der Waals surface area contributed by atoms with Crippen LogP contribution in [-0.2, 0) is 4.79 Å². The van der Waals surface area contributed by atoms with Gasteiger partial charge in [0.05, 0.1) is 6.54 Å². The summed E-state index contributed by atoms with van der Waals surface area (Å²) >= 11 is 0. The number of benzene rings is 1. The molecule has 1 heterocycles. The summed E-state index contributed by atoms with van der Waals surface area (Å²) in [6.07, 6.45) is 3.46. The normalized spacial score (nSPS) is 22.5. The fourth-order valence-electron chi connectivity index (χ4n) is 2.32. The van der Waals surface area contributed by atoms with Gasteiger partial charge >= 0.3 is 0 Å². The highest BCUT2D eigenvalue weighted by atomic mass is 16.1. The van der Waals surface area contributed by atoms with Gasteiger partial charge in [0.2, 0.25) is 0 Å². The van der Waals surface area contributed by atoms with Gasteiger partial charge in [0, 0.05) is 6.54 Å². The Kier molecular flexibility index (Phi) is 3.51. The van der Waals surface area contributed by atoms with Crippen molar-refractivity contribution in [3.05, 3.63) is 35.9 Å². The van der Waals surface area contributed by atoms with Crippen LogP contribution in [0.15, 0.2) is 30.3 Å². The standard InChI is InChI=1S/C13H17NO/c15-10-9-14-8-4-7-13(11-14)12-5-2-1-3-6-12/h1-3,5-6,10,13H,4,7-9,11H2. The van der Waals surface area contributed by atoms with Gasteiger partial charge in [0.15, 0.2) is 0 Å². The molecule has 2 heteroatoms. The number of likely N-dealkylation sites (tertiary alicyclic amines) is 1. The van der Waals surface area contributed by atoms with Crippen molar-refractivity contribution in [1.29, 1.82) is 0 Å². The SMILES string of the molecule is O=CCN1CCCC(c2ccccc2)C1. The van der Waals surface area contributed by atoms with Crippen LogP contribution >= 0.6 is 0 Å². The van der Waals surface area contributed by atoms with E-state index in [4.69, 9.17) is 0 Å². The van der Waals surface area contributed by atoms with Gasteiger partial charge in [-0.3, -0.25) is 4.90 Å². The number of rotatable bonds is 3. The van der Waals surface area contributed by atoms with E-state index in [1.54, 1.807) is 0 Å². The van der Waals surface area contributed by atoms with Crippen LogP contribution in [0.1, 0.15) is 24.3 Å². The summed E-state index contributed by atoms with van der Waals surface area (Å²) in [4.78, 5) is 12.7. The van der Waals surface area contributed by atoms with Crippen LogP contribution in [0.25, 0.3) is 0 Å². The Morgan fingerprint density at radius 3 is 2.87 bits per heavy atom. The molecule has 0 radical (unpaired) electrons. The number of carbonyl (C=O) groups excluding carboxylic acids is 1.